The number of nitrogens with one attached hydrogen (secondary N) is 2. The molecular weight excluding hydrogens is 508 g/mol. The van der Waals surface area contributed by atoms with Crippen molar-refractivity contribution < 1.29 is 14.3 Å². The molecule has 0 saturated carbocycles. The molecule has 4 aromatic rings. The van der Waals surface area contributed by atoms with Gasteiger partial charge in [-0.25, -0.2) is 0 Å². The number of amides is 2. The Labute approximate surface area is 233 Å². The van der Waals surface area contributed by atoms with Crippen LogP contribution < -0.4 is 20.3 Å². The van der Waals surface area contributed by atoms with Gasteiger partial charge in [-0.2, -0.15) is 0 Å². The maximum atomic E-state index is 13.0. The summed E-state index contributed by atoms with van der Waals surface area (Å²) >= 11 is 5.40. The maximum absolute atomic E-state index is 13.0. The number of piperazine rings is 1. The Morgan fingerprint density at radius 2 is 1.46 bits per heavy atom. The predicted molar refractivity (Wildman–Crippen MR) is 160 cm³/mol. The van der Waals surface area contributed by atoms with E-state index in [1.165, 1.54) is 0 Å². The molecule has 1 aliphatic heterocycles. The van der Waals surface area contributed by atoms with Crippen molar-refractivity contribution in [2.45, 2.75) is 6.92 Å². The topological polar surface area (TPSA) is 73.9 Å². The van der Waals surface area contributed by atoms with E-state index in [1.807, 2.05) is 90.7 Å². The number of carbonyl (C=O) groups excluding carboxylic acids is 2. The van der Waals surface area contributed by atoms with Gasteiger partial charge in [0.25, 0.3) is 11.8 Å². The smallest absolute Gasteiger partial charge is 0.261 e. The summed E-state index contributed by atoms with van der Waals surface area (Å²) in [5, 5.41) is 7.96. The summed E-state index contributed by atoms with van der Waals surface area (Å²) in [5.74, 6) is 0.230. The molecule has 4 aromatic carbocycles. The van der Waals surface area contributed by atoms with Gasteiger partial charge < -0.3 is 19.9 Å². The fraction of sp³-hybridized carbons (Fsp3) is 0.194. The number of ether oxygens (including phenoxy) is 1. The van der Waals surface area contributed by atoms with Crippen LogP contribution in [0.5, 0.6) is 5.75 Å². The van der Waals surface area contributed by atoms with Crippen LogP contribution in [0.15, 0.2) is 84.9 Å². The minimum Gasteiger partial charge on any atom is -0.496 e. The summed E-state index contributed by atoms with van der Waals surface area (Å²) in [5.41, 5.74) is 4.01. The van der Waals surface area contributed by atoms with Gasteiger partial charge in [-0.15, -0.1) is 0 Å². The van der Waals surface area contributed by atoms with E-state index in [2.05, 4.69) is 15.5 Å². The predicted octanol–water partition coefficient (Wildman–Crippen LogP) is 5.25. The number of aryl methyl sites for hydroxylation is 1. The average Bonchev–Trinajstić information content (AvgIpc) is 2.96. The molecule has 2 amide bonds. The number of thiocarbonyl (C=S) groups is 1. The first kappa shape index (κ1) is 26.2. The first-order valence-corrected chi connectivity index (χ1v) is 13.2. The van der Waals surface area contributed by atoms with Crippen molar-refractivity contribution in [1.82, 2.24) is 10.2 Å². The molecule has 0 aliphatic carbocycles. The quantitative estimate of drug-likeness (QED) is 0.339. The normalized spacial score (nSPS) is 13.2. The summed E-state index contributed by atoms with van der Waals surface area (Å²) in [6, 6.07) is 27.0. The Kier molecular flexibility index (Phi) is 7.74. The van der Waals surface area contributed by atoms with E-state index in [0.717, 1.165) is 46.4 Å². The van der Waals surface area contributed by atoms with E-state index >= 15 is 0 Å². The Bertz CT molecular complexity index is 1530. The van der Waals surface area contributed by atoms with Crippen molar-refractivity contribution in [3.05, 3.63) is 102 Å². The molecular formula is C31H30N4O3S. The lowest BCUT2D eigenvalue weighted by Crippen LogP contribution is -2.48. The van der Waals surface area contributed by atoms with E-state index in [9.17, 15) is 9.59 Å². The number of fused-ring (bicyclic) bond motifs is 1. The monoisotopic (exact) mass is 538 g/mol. The van der Waals surface area contributed by atoms with E-state index in [4.69, 9.17) is 17.0 Å². The molecule has 8 heteroatoms. The van der Waals surface area contributed by atoms with Gasteiger partial charge >= 0.3 is 0 Å². The summed E-state index contributed by atoms with van der Waals surface area (Å²) in [6.45, 7) is 4.82. The maximum Gasteiger partial charge on any atom is 0.261 e. The van der Waals surface area contributed by atoms with Gasteiger partial charge in [-0.3, -0.25) is 14.9 Å². The number of hydrogen-bond acceptors (Lipinski definition) is 5. The number of hydrogen-bond donors (Lipinski definition) is 2. The van der Waals surface area contributed by atoms with Gasteiger partial charge in [-0.05, 0) is 77.9 Å². The van der Waals surface area contributed by atoms with Crippen molar-refractivity contribution >= 4 is 51.3 Å². The van der Waals surface area contributed by atoms with Crippen LogP contribution in [0.2, 0.25) is 0 Å². The van der Waals surface area contributed by atoms with Crippen LogP contribution in [-0.2, 0) is 0 Å². The highest BCUT2D eigenvalue weighted by Crippen LogP contribution is 2.26. The minimum atomic E-state index is -0.343. The van der Waals surface area contributed by atoms with Gasteiger partial charge in [0, 0.05) is 43.1 Å². The Balaban J connectivity index is 1.16. The molecule has 0 spiro atoms. The summed E-state index contributed by atoms with van der Waals surface area (Å²) in [7, 11) is 1.54. The molecule has 39 heavy (non-hydrogen) atoms. The third-order valence-corrected chi connectivity index (χ3v) is 7.18. The van der Waals surface area contributed by atoms with Crippen LogP contribution in [0.3, 0.4) is 0 Å². The second kappa shape index (κ2) is 11.5. The average molecular weight is 539 g/mol. The molecule has 1 heterocycles. The molecule has 1 aliphatic rings. The molecule has 1 fully saturated rings. The number of nitrogens with zero attached hydrogens (tertiary/aromatic N) is 2. The summed E-state index contributed by atoms with van der Waals surface area (Å²) in [6.07, 6.45) is 0. The Morgan fingerprint density at radius 3 is 2.13 bits per heavy atom. The van der Waals surface area contributed by atoms with Crippen molar-refractivity contribution in [3.8, 4) is 5.75 Å². The molecule has 1 saturated heterocycles. The molecule has 2 N–H and O–H groups in total. The number of carbonyl (C=O) groups is 2. The van der Waals surface area contributed by atoms with Gasteiger partial charge in [0.2, 0.25) is 0 Å². The lowest BCUT2D eigenvalue weighted by atomic mass is 10.1. The molecule has 0 atom stereocenters. The van der Waals surface area contributed by atoms with E-state index < -0.39 is 0 Å². The lowest BCUT2D eigenvalue weighted by Gasteiger charge is -2.36. The second-order valence-electron chi connectivity index (χ2n) is 9.45. The molecule has 198 valence electrons. The van der Waals surface area contributed by atoms with Crippen LogP contribution in [0, 0.1) is 6.92 Å². The third-order valence-electron chi connectivity index (χ3n) is 6.97. The molecule has 0 aromatic heterocycles. The zero-order valence-corrected chi connectivity index (χ0v) is 22.8. The highest BCUT2D eigenvalue weighted by Gasteiger charge is 2.23. The van der Waals surface area contributed by atoms with E-state index in [-0.39, 0.29) is 16.9 Å². The molecule has 0 radical (unpaired) electrons. The second-order valence-corrected chi connectivity index (χ2v) is 9.86. The minimum absolute atomic E-state index is 0.0872. The van der Waals surface area contributed by atoms with E-state index in [0.29, 0.717) is 24.4 Å². The zero-order valence-electron chi connectivity index (χ0n) is 21.9. The standard InChI is InChI=1S/C31H30N4O3S/c1-21-7-3-6-10-26(21)30(37)35-17-15-34(16-18-35)25-13-11-24(12-14-25)32-31(39)33-29(36)27-19-22-8-4-5-9-23(22)20-28(27)38-2/h3-14,19-20H,15-18H2,1-2H3,(H2,32,33,36,39). The van der Waals surface area contributed by atoms with Gasteiger partial charge in [-0.1, -0.05) is 42.5 Å². The Morgan fingerprint density at radius 1 is 0.821 bits per heavy atom. The molecule has 5 rings (SSSR count). The summed E-state index contributed by atoms with van der Waals surface area (Å²) in [4.78, 5) is 30.1. The highest BCUT2D eigenvalue weighted by molar-refractivity contribution is 7.80. The molecule has 7 nitrogen and oxygen atoms in total. The van der Waals surface area contributed by atoms with Crippen molar-refractivity contribution in [2.75, 3.05) is 43.5 Å². The van der Waals surface area contributed by atoms with Crippen molar-refractivity contribution in [2.24, 2.45) is 0 Å². The van der Waals surface area contributed by atoms with Crippen LogP contribution in [0.25, 0.3) is 10.8 Å². The Hall–Kier alpha value is -4.43. The first-order chi connectivity index (χ1) is 18.9. The molecule has 0 unspecified atom stereocenters. The first-order valence-electron chi connectivity index (χ1n) is 12.8. The number of benzene rings is 4. The van der Waals surface area contributed by atoms with Crippen LogP contribution >= 0.6 is 12.2 Å². The lowest BCUT2D eigenvalue weighted by molar-refractivity contribution is 0.0746. The highest BCUT2D eigenvalue weighted by atomic mass is 32.1. The SMILES string of the molecule is COc1cc2ccccc2cc1C(=O)NC(=S)Nc1ccc(N2CCN(C(=O)c3ccccc3C)CC2)cc1. The summed E-state index contributed by atoms with van der Waals surface area (Å²) < 4.78 is 5.44. The number of methoxy groups -OCH3 is 1. The largest absolute Gasteiger partial charge is 0.496 e. The van der Waals surface area contributed by atoms with Crippen LogP contribution in [0.4, 0.5) is 11.4 Å². The number of anilines is 2. The van der Waals surface area contributed by atoms with Crippen LogP contribution in [0.1, 0.15) is 26.3 Å². The van der Waals surface area contributed by atoms with Gasteiger partial charge in [0.1, 0.15) is 5.75 Å². The third kappa shape index (κ3) is 5.86. The van der Waals surface area contributed by atoms with Gasteiger partial charge in [0.05, 0.1) is 12.7 Å². The van der Waals surface area contributed by atoms with Crippen molar-refractivity contribution in [3.63, 3.8) is 0 Å². The fourth-order valence-corrected chi connectivity index (χ4v) is 5.02. The fourth-order valence-electron chi connectivity index (χ4n) is 4.81. The van der Waals surface area contributed by atoms with Crippen LogP contribution in [-0.4, -0.2) is 55.1 Å². The van der Waals surface area contributed by atoms with Crippen molar-refractivity contribution in [1.29, 1.82) is 0 Å². The molecule has 0 bridgehead atoms. The van der Waals surface area contributed by atoms with Gasteiger partial charge in [0.15, 0.2) is 5.11 Å². The van der Waals surface area contributed by atoms with E-state index in [1.54, 1.807) is 13.2 Å². The zero-order chi connectivity index (χ0) is 27.4. The number of rotatable bonds is 5.